The molecule has 0 aromatic rings. The molecule has 0 saturated carbocycles. The fourth-order valence-electron chi connectivity index (χ4n) is 2.28. The fraction of sp³-hybridized carbons (Fsp3) is 1.00. The molecule has 1 heteroatoms. The molecule has 0 radical (unpaired) electrons. The minimum atomic E-state index is 0.543. The Hall–Kier alpha value is -0.0400. The Morgan fingerprint density at radius 2 is 2.00 bits per heavy atom. The van der Waals surface area contributed by atoms with Gasteiger partial charge in [0.2, 0.25) is 0 Å². The molecule has 78 valence electrons. The second-order valence-electron chi connectivity index (χ2n) is 5.88. The van der Waals surface area contributed by atoms with Crippen LogP contribution in [0.5, 0.6) is 0 Å². The number of hydrogen-bond donors (Lipinski definition) is 0. The smallest absolute Gasteiger partial charge is 0.00674 e. The van der Waals surface area contributed by atoms with E-state index in [0.717, 1.165) is 12.0 Å². The van der Waals surface area contributed by atoms with Gasteiger partial charge < -0.3 is 0 Å². The second kappa shape index (κ2) is 4.00. The van der Waals surface area contributed by atoms with Crippen molar-refractivity contribution in [2.24, 2.45) is 11.3 Å². The Morgan fingerprint density at radius 3 is 2.54 bits per heavy atom. The van der Waals surface area contributed by atoms with E-state index in [1.54, 1.807) is 0 Å². The number of rotatable bonds is 2. The molecule has 1 saturated heterocycles. The summed E-state index contributed by atoms with van der Waals surface area (Å²) >= 11 is 0. The molecule has 1 rings (SSSR count). The molecule has 1 aliphatic rings. The maximum Gasteiger partial charge on any atom is 0.00674 e. The van der Waals surface area contributed by atoms with Crippen molar-refractivity contribution in [1.82, 2.24) is 4.90 Å². The van der Waals surface area contributed by atoms with Crippen LogP contribution in [0.2, 0.25) is 0 Å². The molecule has 1 nitrogen and oxygen atoms in total. The molecule has 13 heavy (non-hydrogen) atoms. The van der Waals surface area contributed by atoms with E-state index in [9.17, 15) is 0 Å². The fourth-order valence-corrected chi connectivity index (χ4v) is 2.28. The summed E-state index contributed by atoms with van der Waals surface area (Å²) in [6, 6.07) is 0.801. The maximum atomic E-state index is 2.66. The van der Waals surface area contributed by atoms with E-state index in [4.69, 9.17) is 0 Å². The average molecular weight is 183 g/mol. The van der Waals surface area contributed by atoms with Gasteiger partial charge in [-0.3, -0.25) is 4.90 Å². The first kappa shape index (κ1) is 11.0. The lowest BCUT2D eigenvalue weighted by atomic mass is 9.81. The number of piperidine rings is 1. The zero-order valence-corrected chi connectivity index (χ0v) is 9.93. The number of hydrogen-bond acceptors (Lipinski definition) is 1. The van der Waals surface area contributed by atoms with Crippen molar-refractivity contribution in [3.05, 3.63) is 0 Å². The first-order chi connectivity index (χ1) is 5.91. The van der Waals surface area contributed by atoms with Gasteiger partial charge in [-0.1, -0.05) is 27.7 Å². The molecule has 0 spiro atoms. The quantitative estimate of drug-likeness (QED) is 0.635. The van der Waals surface area contributed by atoms with Crippen molar-refractivity contribution in [3.8, 4) is 0 Å². The van der Waals surface area contributed by atoms with E-state index in [-0.39, 0.29) is 0 Å². The monoisotopic (exact) mass is 183 g/mol. The molecule has 0 N–H and O–H groups in total. The number of nitrogens with zero attached hydrogens (tertiary/aromatic N) is 1. The van der Waals surface area contributed by atoms with Gasteiger partial charge in [-0.2, -0.15) is 0 Å². The van der Waals surface area contributed by atoms with Crippen LogP contribution in [0.4, 0.5) is 0 Å². The van der Waals surface area contributed by atoms with Gasteiger partial charge >= 0.3 is 0 Å². The van der Waals surface area contributed by atoms with Crippen LogP contribution in [0.15, 0.2) is 0 Å². The Balaban J connectivity index is 2.50. The molecule has 0 aromatic carbocycles. The Morgan fingerprint density at radius 1 is 1.38 bits per heavy atom. The van der Waals surface area contributed by atoms with Gasteiger partial charge in [0.05, 0.1) is 0 Å². The summed E-state index contributed by atoms with van der Waals surface area (Å²) in [5.41, 5.74) is 0.543. The minimum Gasteiger partial charge on any atom is -0.300 e. The average Bonchev–Trinajstić information content (AvgIpc) is 1.95. The highest BCUT2D eigenvalue weighted by Crippen LogP contribution is 2.31. The molecule has 1 heterocycles. The van der Waals surface area contributed by atoms with Crippen LogP contribution in [0.1, 0.15) is 47.5 Å². The van der Waals surface area contributed by atoms with Crippen LogP contribution in [-0.4, -0.2) is 24.0 Å². The number of likely N-dealkylation sites (tertiary alicyclic amines) is 1. The van der Waals surface area contributed by atoms with E-state index in [2.05, 4.69) is 39.5 Å². The second-order valence-corrected chi connectivity index (χ2v) is 5.88. The van der Waals surface area contributed by atoms with Crippen molar-refractivity contribution in [2.75, 3.05) is 13.1 Å². The Labute approximate surface area is 83.5 Å². The summed E-state index contributed by atoms with van der Waals surface area (Å²) in [5, 5.41) is 0. The lowest BCUT2D eigenvalue weighted by molar-refractivity contribution is 0.0622. The van der Waals surface area contributed by atoms with Crippen LogP contribution >= 0.6 is 0 Å². The van der Waals surface area contributed by atoms with Crippen LogP contribution in [0.25, 0.3) is 0 Å². The summed E-state index contributed by atoms with van der Waals surface area (Å²) in [6.45, 7) is 14.3. The molecule has 0 bridgehead atoms. The van der Waals surface area contributed by atoms with Crippen LogP contribution < -0.4 is 0 Å². The zero-order valence-electron chi connectivity index (χ0n) is 9.93. The largest absolute Gasteiger partial charge is 0.300 e. The van der Waals surface area contributed by atoms with E-state index < -0.39 is 0 Å². The van der Waals surface area contributed by atoms with Crippen molar-refractivity contribution in [1.29, 1.82) is 0 Å². The predicted octanol–water partition coefficient (Wildman–Crippen LogP) is 3.15. The third-order valence-corrected chi connectivity index (χ3v) is 3.09. The van der Waals surface area contributed by atoms with Gasteiger partial charge in [-0.05, 0) is 31.1 Å². The molecule has 1 aliphatic heterocycles. The van der Waals surface area contributed by atoms with E-state index >= 15 is 0 Å². The highest BCUT2D eigenvalue weighted by atomic mass is 15.2. The van der Waals surface area contributed by atoms with Gasteiger partial charge in [0.25, 0.3) is 0 Å². The summed E-state index contributed by atoms with van der Waals surface area (Å²) in [6.07, 6.45) is 2.77. The first-order valence-electron chi connectivity index (χ1n) is 5.65. The van der Waals surface area contributed by atoms with Crippen LogP contribution in [0, 0.1) is 11.3 Å². The third kappa shape index (κ3) is 3.30. The van der Waals surface area contributed by atoms with E-state index in [0.29, 0.717) is 5.41 Å². The van der Waals surface area contributed by atoms with Crippen LogP contribution in [0.3, 0.4) is 0 Å². The minimum absolute atomic E-state index is 0.543. The van der Waals surface area contributed by atoms with E-state index in [1.165, 1.54) is 25.9 Å². The van der Waals surface area contributed by atoms with Crippen molar-refractivity contribution in [3.63, 3.8) is 0 Å². The molecular formula is C12H25N. The van der Waals surface area contributed by atoms with Gasteiger partial charge in [-0.15, -0.1) is 0 Å². The van der Waals surface area contributed by atoms with Crippen molar-refractivity contribution < 1.29 is 0 Å². The topological polar surface area (TPSA) is 3.24 Å². The molecule has 1 fully saturated rings. The summed E-state index contributed by atoms with van der Waals surface area (Å²) < 4.78 is 0. The molecule has 1 unspecified atom stereocenters. The molecular weight excluding hydrogens is 158 g/mol. The summed E-state index contributed by atoms with van der Waals surface area (Å²) in [4.78, 5) is 2.66. The van der Waals surface area contributed by atoms with Gasteiger partial charge in [0.15, 0.2) is 0 Å². The zero-order chi connectivity index (χ0) is 10.1. The van der Waals surface area contributed by atoms with Crippen molar-refractivity contribution in [2.45, 2.75) is 53.5 Å². The van der Waals surface area contributed by atoms with E-state index in [1.807, 2.05) is 0 Å². The molecule has 0 aliphatic carbocycles. The van der Waals surface area contributed by atoms with Crippen LogP contribution in [-0.2, 0) is 0 Å². The maximum absolute atomic E-state index is 2.66. The Kier molecular flexibility index (Phi) is 3.39. The normalized spacial score (nSPS) is 29.5. The molecule has 1 atom stereocenters. The highest BCUT2D eigenvalue weighted by molar-refractivity contribution is 4.84. The highest BCUT2D eigenvalue weighted by Gasteiger charge is 2.30. The molecule has 0 aromatic heterocycles. The lowest BCUT2D eigenvalue weighted by Crippen LogP contribution is -2.46. The van der Waals surface area contributed by atoms with Crippen molar-refractivity contribution >= 4 is 0 Å². The SMILES string of the molecule is CC(C)CN1CC(C)(C)CCC1C. The third-order valence-electron chi connectivity index (χ3n) is 3.09. The summed E-state index contributed by atoms with van der Waals surface area (Å²) in [5.74, 6) is 0.802. The van der Waals surface area contributed by atoms with Gasteiger partial charge in [0, 0.05) is 19.1 Å². The van der Waals surface area contributed by atoms with Gasteiger partial charge in [0.1, 0.15) is 0 Å². The predicted molar refractivity (Wildman–Crippen MR) is 58.9 cm³/mol. The first-order valence-corrected chi connectivity index (χ1v) is 5.65. The Bertz CT molecular complexity index is 161. The molecule has 0 amide bonds. The standard InChI is InChI=1S/C12H25N/c1-10(2)8-13-9-12(4,5)7-6-11(13)3/h10-11H,6-9H2,1-5H3. The summed E-state index contributed by atoms with van der Waals surface area (Å²) in [7, 11) is 0. The van der Waals surface area contributed by atoms with Gasteiger partial charge in [-0.25, -0.2) is 0 Å². The lowest BCUT2D eigenvalue weighted by Gasteiger charge is -2.43.